The molecule has 0 bridgehead atoms. The molecule has 0 aromatic heterocycles. The molecule has 8 nitrogen and oxygen atoms in total. The molecule has 2 aliphatic rings. The molecule has 4 rings (SSSR count). The van der Waals surface area contributed by atoms with Gasteiger partial charge in [-0.1, -0.05) is 48.5 Å². The number of alkyl carbamates (subject to hydrolysis) is 1. The van der Waals surface area contributed by atoms with Gasteiger partial charge in [-0.3, -0.25) is 4.79 Å². The first-order valence-corrected chi connectivity index (χ1v) is 10.2. The summed E-state index contributed by atoms with van der Waals surface area (Å²) in [6, 6.07) is 13.6. The average molecular weight is 424 g/mol. The van der Waals surface area contributed by atoms with Crippen LogP contribution in [0.25, 0.3) is 11.1 Å². The second kappa shape index (κ2) is 8.77. The van der Waals surface area contributed by atoms with Crippen LogP contribution in [0.5, 0.6) is 0 Å². The maximum absolute atomic E-state index is 12.5. The second-order valence-corrected chi connectivity index (χ2v) is 7.87. The molecule has 1 unspecified atom stereocenters. The number of carbonyl (C=O) groups is 3. The van der Waals surface area contributed by atoms with Crippen LogP contribution in [0.15, 0.2) is 48.5 Å². The fourth-order valence-corrected chi connectivity index (χ4v) is 4.04. The molecule has 0 aliphatic heterocycles. The third kappa shape index (κ3) is 4.39. The predicted molar refractivity (Wildman–Crippen MR) is 111 cm³/mol. The van der Waals surface area contributed by atoms with Crippen LogP contribution in [0.4, 0.5) is 4.79 Å². The Hall–Kier alpha value is -3.39. The summed E-state index contributed by atoms with van der Waals surface area (Å²) in [5, 5.41) is 23.0. The van der Waals surface area contributed by atoms with Crippen LogP contribution in [0.3, 0.4) is 0 Å². The van der Waals surface area contributed by atoms with Gasteiger partial charge in [-0.15, -0.1) is 0 Å². The van der Waals surface area contributed by atoms with E-state index in [0.29, 0.717) is 0 Å². The molecule has 0 heterocycles. The fourth-order valence-electron chi connectivity index (χ4n) is 4.04. The van der Waals surface area contributed by atoms with Gasteiger partial charge in [0, 0.05) is 5.92 Å². The number of aliphatic carboxylic acids is 1. The summed E-state index contributed by atoms with van der Waals surface area (Å²) in [4.78, 5) is 36.0. The van der Waals surface area contributed by atoms with Gasteiger partial charge in [0.2, 0.25) is 5.91 Å². The Labute approximate surface area is 179 Å². The zero-order chi connectivity index (χ0) is 22.0. The molecular formula is C23H24N2O6. The van der Waals surface area contributed by atoms with Crippen molar-refractivity contribution >= 4 is 18.0 Å². The molecule has 2 aromatic rings. The Morgan fingerprint density at radius 2 is 1.55 bits per heavy atom. The third-order valence-electron chi connectivity index (χ3n) is 5.79. The quantitative estimate of drug-likeness (QED) is 0.513. The third-order valence-corrected chi connectivity index (χ3v) is 5.79. The Morgan fingerprint density at radius 3 is 2.06 bits per heavy atom. The summed E-state index contributed by atoms with van der Waals surface area (Å²) in [5.41, 5.74) is 4.40. The summed E-state index contributed by atoms with van der Waals surface area (Å²) in [6.07, 6.45) is 0.766. The smallest absolute Gasteiger partial charge is 0.407 e. The molecule has 162 valence electrons. The van der Waals surface area contributed by atoms with Gasteiger partial charge in [0.15, 0.2) is 0 Å². The largest absolute Gasteiger partial charge is 0.480 e. The molecule has 1 saturated carbocycles. The van der Waals surface area contributed by atoms with Gasteiger partial charge in [0.25, 0.3) is 0 Å². The van der Waals surface area contributed by atoms with E-state index in [0.717, 1.165) is 35.1 Å². The van der Waals surface area contributed by atoms with E-state index in [9.17, 15) is 14.4 Å². The van der Waals surface area contributed by atoms with Crippen LogP contribution in [-0.4, -0.2) is 53.5 Å². The maximum Gasteiger partial charge on any atom is 0.407 e. The van der Waals surface area contributed by atoms with E-state index in [-0.39, 0.29) is 18.4 Å². The van der Waals surface area contributed by atoms with Crippen molar-refractivity contribution in [3.63, 3.8) is 0 Å². The van der Waals surface area contributed by atoms with Crippen LogP contribution in [0.1, 0.15) is 29.9 Å². The van der Waals surface area contributed by atoms with Crippen LogP contribution >= 0.6 is 0 Å². The molecule has 8 heteroatoms. The summed E-state index contributed by atoms with van der Waals surface area (Å²) < 4.78 is 5.48. The fraction of sp³-hybridized carbons (Fsp3) is 0.348. The van der Waals surface area contributed by atoms with Crippen molar-refractivity contribution in [2.75, 3.05) is 13.2 Å². The van der Waals surface area contributed by atoms with Crippen LogP contribution < -0.4 is 10.6 Å². The van der Waals surface area contributed by atoms with Gasteiger partial charge in [0.1, 0.15) is 18.7 Å². The standard InChI is InChI=1S/C23H24N2O6/c26-11-19(22(28)29)24-21(27)20(13-9-10-13)25-23(30)31-12-18-16-7-3-1-5-14(16)15-6-2-4-8-17(15)18/h1-8,13,18-20,26H,9-12H2,(H,24,27)(H,25,30)(H,28,29)/t19-,20?/m1/s1. The van der Waals surface area contributed by atoms with E-state index >= 15 is 0 Å². The number of hydrogen-bond acceptors (Lipinski definition) is 5. The highest BCUT2D eigenvalue weighted by molar-refractivity contribution is 5.89. The lowest BCUT2D eigenvalue weighted by Crippen LogP contribution is -2.53. The van der Waals surface area contributed by atoms with Gasteiger partial charge >= 0.3 is 12.1 Å². The number of nitrogens with one attached hydrogen (secondary N) is 2. The molecule has 0 saturated heterocycles. The van der Waals surface area contributed by atoms with Crippen LogP contribution in [0.2, 0.25) is 0 Å². The molecule has 2 aromatic carbocycles. The number of aliphatic hydroxyl groups is 1. The molecule has 0 spiro atoms. The monoisotopic (exact) mass is 424 g/mol. The molecule has 31 heavy (non-hydrogen) atoms. The minimum atomic E-state index is -1.42. The van der Waals surface area contributed by atoms with Crippen molar-refractivity contribution in [3.8, 4) is 11.1 Å². The van der Waals surface area contributed by atoms with Crippen molar-refractivity contribution < 1.29 is 29.3 Å². The van der Waals surface area contributed by atoms with Gasteiger partial charge in [0.05, 0.1) is 6.61 Å². The molecule has 0 radical (unpaired) electrons. The van der Waals surface area contributed by atoms with Crippen molar-refractivity contribution in [2.24, 2.45) is 5.92 Å². The second-order valence-electron chi connectivity index (χ2n) is 7.87. The maximum atomic E-state index is 12.5. The number of carbonyl (C=O) groups excluding carboxylic acids is 2. The topological polar surface area (TPSA) is 125 Å². The van der Waals surface area contributed by atoms with Crippen molar-refractivity contribution in [1.82, 2.24) is 10.6 Å². The van der Waals surface area contributed by atoms with Crippen LogP contribution in [-0.2, 0) is 14.3 Å². The average Bonchev–Trinajstić information content (AvgIpc) is 3.56. The minimum absolute atomic E-state index is 0.0754. The normalized spacial score (nSPS) is 16.5. The van der Waals surface area contributed by atoms with Crippen molar-refractivity contribution in [3.05, 3.63) is 59.7 Å². The SMILES string of the molecule is O=C(NC(C(=O)N[C@H](CO)C(=O)O)C1CC1)OCC1c2ccccc2-c2ccccc21. The summed E-state index contributed by atoms with van der Waals surface area (Å²) in [5.74, 6) is -2.16. The zero-order valence-electron chi connectivity index (χ0n) is 16.8. The van der Waals surface area contributed by atoms with Crippen molar-refractivity contribution in [1.29, 1.82) is 0 Å². The molecule has 1 fully saturated rings. The van der Waals surface area contributed by atoms with E-state index < -0.39 is 36.7 Å². The Balaban J connectivity index is 1.41. The number of ether oxygens (including phenoxy) is 1. The first-order chi connectivity index (χ1) is 15.0. The lowest BCUT2D eigenvalue weighted by Gasteiger charge is -2.21. The molecule has 2 amide bonds. The number of aliphatic hydroxyl groups excluding tert-OH is 1. The number of benzene rings is 2. The number of hydrogen-bond donors (Lipinski definition) is 4. The van der Waals surface area contributed by atoms with Crippen molar-refractivity contribution in [2.45, 2.75) is 30.8 Å². The number of fused-ring (bicyclic) bond motifs is 3. The number of carboxylic acids is 1. The van der Waals surface area contributed by atoms with Gasteiger partial charge in [-0.05, 0) is 41.0 Å². The number of carboxylic acid groups (broad SMARTS) is 1. The zero-order valence-corrected chi connectivity index (χ0v) is 16.8. The number of rotatable bonds is 8. The summed E-state index contributed by atoms with van der Waals surface area (Å²) >= 11 is 0. The lowest BCUT2D eigenvalue weighted by molar-refractivity contribution is -0.143. The predicted octanol–water partition coefficient (Wildman–Crippen LogP) is 1.87. The van der Waals surface area contributed by atoms with Gasteiger partial charge in [-0.25, -0.2) is 9.59 Å². The Bertz CT molecular complexity index is 958. The van der Waals surface area contributed by atoms with E-state index in [1.165, 1.54) is 0 Å². The van der Waals surface area contributed by atoms with Gasteiger partial charge in [-0.2, -0.15) is 0 Å². The van der Waals surface area contributed by atoms with Gasteiger partial charge < -0.3 is 25.6 Å². The highest BCUT2D eigenvalue weighted by Crippen LogP contribution is 2.44. The minimum Gasteiger partial charge on any atom is -0.480 e. The van der Waals surface area contributed by atoms with E-state index in [4.69, 9.17) is 14.9 Å². The highest BCUT2D eigenvalue weighted by atomic mass is 16.5. The summed E-state index contributed by atoms with van der Waals surface area (Å²) in [6.45, 7) is -0.614. The first-order valence-electron chi connectivity index (χ1n) is 10.2. The molecular weight excluding hydrogens is 400 g/mol. The number of amides is 2. The van der Waals surface area contributed by atoms with E-state index in [2.05, 4.69) is 10.6 Å². The first kappa shape index (κ1) is 20.9. The highest BCUT2D eigenvalue weighted by Gasteiger charge is 2.39. The van der Waals surface area contributed by atoms with E-state index in [1.807, 2.05) is 48.5 Å². The molecule has 2 aliphatic carbocycles. The van der Waals surface area contributed by atoms with E-state index in [1.54, 1.807) is 0 Å². The summed E-state index contributed by atoms with van der Waals surface area (Å²) in [7, 11) is 0. The molecule has 4 N–H and O–H groups in total. The van der Waals surface area contributed by atoms with Crippen LogP contribution in [0, 0.1) is 5.92 Å². The molecule has 2 atom stereocenters. The lowest BCUT2D eigenvalue weighted by atomic mass is 9.98. The Kier molecular flexibility index (Phi) is 5.90. The Morgan fingerprint density at radius 1 is 0.968 bits per heavy atom.